The first-order valence-electron chi connectivity index (χ1n) is 6.46. The van der Waals surface area contributed by atoms with Crippen LogP contribution in [0.1, 0.15) is 18.7 Å². The molecule has 21 heavy (non-hydrogen) atoms. The van der Waals surface area contributed by atoms with Gasteiger partial charge in [0.15, 0.2) is 0 Å². The number of nitrogens with zero attached hydrogens (tertiary/aromatic N) is 1. The fourth-order valence-corrected chi connectivity index (χ4v) is 2.25. The standard InChI is InChI=1S/C14H18N2O4S/c1-10(15-14(17)9-16(2)21(3,18)19)13-8-11-6-4-5-7-12(11)20-13/h4-8,10H,9H2,1-3H3,(H,15,17). The van der Waals surface area contributed by atoms with Gasteiger partial charge >= 0.3 is 0 Å². The smallest absolute Gasteiger partial charge is 0.235 e. The molecule has 2 rings (SSSR count). The molecule has 6 nitrogen and oxygen atoms in total. The van der Waals surface area contributed by atoms with Gasteiger partial charge in [-0.05, 0) is 19.1 Å². The topological polar surface area (TPSA) is 79.6 Å². The highest BCUT2D eigenvalue weighted by Gasteiger charge is 2.18. The van der Waals surface area contributed by atoms with E-state index >= 15 is 0 Å². The summed E-state index contributed by atoms with van der Waals surface area (Å²) in [5, 5.41) is 3.68. The molecule has 0 fully saturated rings. The van der Waals surface area contributed by atoms with E-state index in [9.17, 15) is 13.2 Å². The second-order valence-corrected chi connectivity index (χ2v) is 7.08. The van der Waals surface area contributed by atoms with Gasteiger partial charge in [0, 0.05) is 12.4 Å². The molecule has 0 saturated heterocycles. The minimum Gasteiger partial charge on any atom is -0.459 e. The molecule has 0 aliphatic carbocycles. The Morgan fingerprint density at radius 2 is 2.05 bits per heavy atom. The van der Waals surface area contributed by atoms with Gasteiger partial charge in [-0.3, -0.25) is 4.79 Å². The summed E-state index contributed by atoms with van der Waals surface area (Å²) >= 11 is 0. The quantitative estimate of drug-likeness (QED) is 0.907. The lowest BCUT2D eigenvalue weighted by Gasteiger charge is -2.16. The number of carbonyl (C=O) groups excluding carboxylic acids is 1. The van der Waals surface area contributed by atoms with Gasteiger partial charge in [0.25, 0.3) is 0 Å². The van der Waals surface area contributed by atoms with Crippen LogP contribution in [0.25, 0.3) is 11.0 Å². The third-order valence-electron chi connectivity index (χ3n) is 3.18. The maximum absolute atomic E-state index is 11.8. The van der Waals surface area contributed by atoms with E-state index in [1.54, 1.807) is 6.92 Å². The third-order valence-corrected chi connectivity index (χ3v) is 4.44. The van der Waals surface area contributed by atoms with E-state index in [1.165, 1.54) is 7.05 Å². The molecule has 0 spiro atoms. The molecule has 0 bridgehead atoms. The Morgan fingerprint density at radius 3 is 2.67 bits per heavy atom. The van der Waals surface area contributed by atoms with Crippen LogP contribution in [-0.2, 0) is 14.8 Å². The third kappa shape index (κ3) is 3.83. The van der Waals surface area contributed by atoms with Crippen molar-refractivity contribution in [3.05, 3.63) is 36.1 Å². The molecule has 0 saturated carbocycles. The van der Waals surface area contributed by atoms with Crippen molar-refractivity contribution in [2.75, 3.05) is 19.8 Å². The molecule has 2 aromatic rings. The Hall–Kier alpha value is -1.86. The van der Waals surface area contributed by atoms with Crippen LogP contribution in [0.5, 0.6) is 0 Å². The maximum Gasteiger partial charge on any atom is 0.235 e. The van der Waals surface area contributed by atoms with Gasteiger partial charge in [-0.15, -0.1) is 0 Å². The zero-order valence-corrected chi connectivity index (χ0v) is 13.0. The average Bonchev–Trinajstić information content (AvgIpc) is 2.81. The van der Waals surface area contributed by atoms with Crippen molar-refractivity contribution in [2.24, 2.45) is 0 Å². The number of nitrogens with one attached hydrogen (secondary N) is 1. The number of rotatable bonds is 5. The van der Waals surface area contributed by atoms with E-state index in [2.05, 4.69) is 5.32 Å². The highest BCUT2D eigenvalue weighted by atomic mass is 32.2. The fourth-order valence-electron chi connectivity index (χ4n) is 1.89. The molecular weight excluding hydrogens is 292 g/mol. The zero-order chi connectivity index (χ0) is 15.6. The Balaban J connectivity index is 2.04. The molecule has 0 aliphatic rings. The van der Waals surface area contributed by atoms with Crippen LogP contribution >= 0.6 is 0 Å². The second kappa shape index (κ2) is 5.87. The number of amides is 1. The predicted molar refractivity (Wildman–Crippen MR) is 80.2 cm³/mol. The van der Waals surface area contributed by atoms with E-state index in [0.717, 1.165) is 21.5 Å². The number of carbonyl (C=O) groups is 1. The van der Waals surface area contributed by atoms with Gasteiger partial charge in [-0.1, -0.05) is 18.2 Å². The van der Waals surface area contributed by atoms with Crippen LogP contribution in [0, 0.1) is 0 Å². The normalized spacial score (nSPS) is 13.5. The van der Waals surface area contributed by atoms with Crippen molar-refractivity contribution in [2.45, 2.75) is 13.0 Å². The summed E-state index contributed by atoms with van der Waals surface area (Å²) < 4.78 is 29.2. The molecule has 7 heteroatoms. The molecule has 114 valence electrons. The summed E-state index contributed by atoms with van der Waals surface area (Å²) in [6.45, 7) is 1.57. The Bertz CT molecular complexity index is 718. The van der Waals surface area contributed by atoms with Crippen LogP contribution in [-0.4, -0.2) is 38.5 Å². The van der Waals surface area contributed by atoms with Crippen LogP contribution in [0.4, 0.5) is 0 Å². The molecule has 1 aromatic heterocycles. The summed E-state index contributed by atoms with van der Waals surface area (Å²) in [5.41, 5.74) is 0.752. The minimum absolute atomic E-state index is 0.219. The Labute approximate surface area is 123 Å². The van der Waals surface area contributed by atoms with E-state index in [0.29, 0.717) is 5.76 Å². The summed E-state index contributed by atoms with van der Waals surface area (Å²) in [4.78, 5) is 11.8. The van der Waals surface area contributed by atoms with E-state index in [1.807, 2.05) is 30.3 Å². The van der Waals surface area contributed by atoms with E-state index < -0.39 is 10.0 Å². The number of benzene rings is 1. The lowest BCUT2D eigenvalue weighted by molar-refractivity contribution is -0.121. The molecule has 0 radical (unpaired) electrons. The first-order chi connectivity index (χ1) is 9.77. The summed E-state index contributed by atoms with van der Waals surface area (Å²) in [6, 6.07) is 9.09. The van der Waals surface area contributed by atoms with Crippen LogP contribution in [0.15, 0.2) is 34.7 Å². The number of hydrogen-bond acceptors (Lipinski definition) is 4. The average molecular weight is 310 g/mol. The molecule has 1 amide bonds. The Morgan fingerprint density at radius 1 is 1.38 bits per heavy atom. The van der Waals surface area contributed by atoms with E-state index in [4.69, 9.17) is 4.42 Å². The van der Waals surface area contributed by atoms with Crippen molar-refractivity contribution in [1.29, 1.82) is 0 Å². The number of likely N-dealkylation sites (N-methyl/N-ethyl adjacent to an activating group) is 1. The maximum atomic E-state index is 11.8. The molecule has 0 aliphatic heterocycles. The van der Waals surface area contributed by atoms with Gasteiger partial charge in [0.1, 0.15) is 11.3 Å². The summed E-state index contributed by atoms with van der Waals surface area (Å²) in [7, 11) is -2.01. The number of para-hydroxylation sites is 1. The summed E-state index contributed by atoms with van der Waals surface area (Å²) in [6.07, 6.45) is 1.06. The van der Waals surface area contributed by atoms with Gasteiger partial charge in [-0.2, -0.15) is 4.31 Å². The highest BCUT2D eigenvalue weighted by molar-refractivity contribution is 7.88. The monoisotopic (exact) mass is 310 g/mol. The highest BCUT2D eigenvalue weighted by Crippen LogP contribution is 2.23. The molecule has 1 heterocycles. The lowest BCUT2D eigenvalue weighted by Crippen LogP contribution is -2.38. The largest absolute Gasteiger partial charge is 0.459 e. The number of furan rings is 1. The molecule has 1 aromatic carbocycles. The van der Waals surface area contributed by atoms with Crippen molar-refractivity contribution < 1.29 is 17.6 Å². The number of sulfonamides is 1. The van der Waals surface area contributed by atoms with Crippen LogP contribution in [0.3, 0.4) is 0 Å². The Kier molecular flexibility index (Phi) is 4.34. The van der Waals surface area contributed by atoms with Gasteiger partial charge in [-0.25, -0.2) is 8.42 Å². The predicted octanol–water partition coefficient (Wildman–Crippen LogP) is 1.50. The van der Waals surface area contributed by atoms with Crippen LogP contribution < -0.4 is 5.32 Å². The van der Waals surface area contributed by atoms with Gasteiger partial charge < -0.3 is 9.73 Å². The van der Waals surface area contributed by atoms with E-state index in [-0.39, 0.29) is 18.5 Å². The van der Waals surface area contributed by atoms with Gasteiger partial charge in [0.05, 0.1) is 18.8 Å². The fraction of sp³-hybridized carbons (Fsp3) is 0.357. The van der Waals surface area contributed by atoms with Crippen molar-refractivity contribution in [3.63, 3.8) is 0 Å². The summed E-state index contributed by atoms with van der Waals surface area (Å²) in [5.74, 6) is 0.252. The second-order valence-electron chi connectivity index (χ2n) is 4.99. The molecular formula is C14H18N2O4S. The van der Waals surface area contributed by atoms with Gasteiger partial charge in [0.2, 0.25) is 15.9 Å². The molecule has 1 atom stereocenters. The zero-order valence-electron chi connectivity index (χ0n) is 12.2. The molecule has 1 N–H and O–H groups in total. The number of hydrogen-bond donors (Lipinski definition) is 1. The van der Waals surface area contributed by atoms with Crippen molar-refractivity contribution in [3.8, 4) is 0 Å². The molecule has 1 unspecified atom stereocenters. The van der Waals surface area contributed by atoms with Crippen molar-refractivity contribution in [1.82, 2.24) is 9.62 Å². The SMILES string of the molecule is CC(NC(=O)CN(C)S(C)(=O)=O)c1cc2ccccc2o1. The lowest BCUT2D eigenvalue weighted by atomic mass is 10.2. The number of fused-ring (bicyclic) bond motifs is 1. The minimum atomic E-state index is -3.37. The first-order valence-corrected chi connectivity index (χ1v) is 8.31. The van der Waals surface area contributed by atoms with Crippen molar-refractivity contribution >= 4 is 26.9 Å². The first kappa shape index (κ1) is 15.5. The van der Waals surface area contributed by atoms with Crippen LogP contribution in [0.2, 0.25) is 0 Å².